The van der Waals surface area contributed by atoms with Crippen LogP contribution in [0.5, 0.6) is 0 Å². The molecule has 7 heteroatoms. The maximum absolute atomic E-state index is 12.6. The van der Waals surface area contributed by atoms with Crippen molar-refractivity contribution in [3.8, 4) is 0 Å². The zero-order valence-electron chi connectivity index (χ0n) is 11.4. The van der Waals surface area contributed by atoms with E-state index in [4.69, 9.17) is 0 Å². The molecule has 2 fully saturated rings. The molecule has 3 heterocycles. The zero-order chi connectivity index (χ0) is 14.6. The fraction of sp³-hybridized carbons (Fsp3) is 0.500. The number of rotatable bonds is 1. The standard InChI is InChI=1S/C14H15N3O3S/c18-11(10-6-8-2-1-3-9(8)21-10)17-5-4-14(7-17)12(19)15-13(20)16-14/h6H,1-5,7H2,(H2,15,16,19,20). The van der Waals surface area contributed by atoms with Crippen molar-refractivity contribution in [2.45, 2.75) is 31.2 Å². The van der Waals surface area contributed by atoms with E-state index < -0.39 is 11.6 Å². The van der Waals surface area contributed by atoms with Gasteiger partial charge < -0.3 is 10.2 Å². The molecule has 6 nitrogen and oxygen atoms in total. The van der Waals surface area contributed by atoms with Gasteiger partial charge in [-0.1, -0.05) is 0 Å². The summed E-state index contributed by atoms with van der Waals surface area (Å²) in [4.78, 5) is 39.5. The summed E-state index contributed by atoms with van der Waals surface area (Å²) in [6.45, 7) is 0.751. The first kappa shape index (κ1) is 12.8. The molecule has 1 unspecified atom stereocenters. The Morgan fingerprint density at radius 1 is 1.33 bits per heavy atom. The Bertz CT molecular complexity index is 647. The van der Waals surface area contributed by atoms with Gasteiger partial charge in [-0.05, 0) is 37.3 Å². The number of likely N-dealkylation sites (tertiary alicyclic amines) is 1. The molecule has 0 radical (unpaired) electrons. The maximum atomic E-state index is 12.6. The van der Waals surface area contributed by atoms with Crippen LogP contribution in [0.3, 0.4) is 0 Å². The Morgan fingerprint density at radius 2 is 2.19 bits per heavy atom. The Morgan fingerprint density at radius 3 is 2.90 bits per heavy atom. The number of imide groups is 1. The SMILES string of the molecule is O=C1NC(=O)C2(CCN(C(=O)c3cc4c(s3)CCC4)C2)N1. The number of hydrogen-bond donors (Lipinski definition) is 2. The summed E-state index contributed by atoms with van der Waals surface area (Å²) in [6, 6.07) is 1.53. The van der Waals surface area contributed by atoms with Gasteiger partial charge in [0.25, 0.3) is 11.8 Å². The molecular weight excluding hydrogens is 290 g/mol. The van der Waals surface area contributed by atoms with Gasteiger partial charge in [-0.3, -0.25) is 14.9 Å². The normalized spacial score (nSPS) is 27.1. The fourth-order valence-electron chi connectivity index (χ4n) is 3.39. The number of fused-ring (bicyclic) bond motifs is 1. The van der Waals surface area contributed by atoms with Crippen LogP contribution in [-0.2, 0) is 17.6 Å². The van der Waals surface area contributed by atoms with Crippen molar-refractivity contribution in [3.63, 3.8) is 0 Å². The van der Waals surface area contributed by atoms with Crippen LogP contribution < -0.4 is 10.6 Å². The number of amides is 4. The molecule has 3 aliphatic rings. The summed E-state index contributed by atoms with van der Waals surface area (Å²) < 4.78 is 0. The summed E-state index contributed by atoms with van der Waals surface area (Å²) in [6.07, 6.45) is 3.77. The van der Waals surface area contributed by atoms with Crippen LogP contribution in [0.1, 0.15) is 33.0 Å². The number of hydrogen-bond acceptors (Lipinski definition) is 4. The van der Waals surface area contributed by atoms with Gasteiger partial charge in [0.15, 0.2) is 0 Å². The minimum Gasteiger partial charge on any atom is -0.335 e. The molecule has 2 saturated heterocycles. The van der Waals surface area contributed by atoms with E-state index in [9.17, 15) is 14.4 Å². The predicted octanol–water partition coefficient (Wildman–Crippen LogP) is 0.661. The maximum Gasteiger partial charge on any atom is 0.322 e. The summed E-state index contributed by atoms with van der Waals surface area (Å²) in [5, 5.41) is 4.92. The van der Waals surface area contributed by atoms with Crippen molar-refractivity contribution < 1.29 is 14.4 Å². The molecule has 2 N–H and O–H groups in total. The molecule has 2 aliphatic heterocycles. The highest BCUT2D eigenvalue weighted by molar-refractivity contribution is 7.14. The van der Waals surface area contributed by atoms with Crippen LogP contribution >= 0.6 is 11.3 Å². The highest BCUT2D eigenvalue weighted by atomic mass is 32.1. The third kappa shape index (κ3) is 1.87. The second-order valence-electron chi connectivity index (χ2n) is 5.88. The Labute approximate surface area is 125 Å². The Balaban J connectivity index is 1.54. The van der Waals surface area contributed by atoms with E-state index in [2.05, 4.69) is 10.6 Å². The Kier molecular flexibility index (Phi) is 2.63. The quantitative estimate of drug-likeness (QED) is 0.748. The molecule has 1 spiro atoms. The topological polar surface area (TPSA) is 78.5 Å². The van der Waals surface area contributed by atoms with Crippen LogP contribution in [-0.4, -0.2) is 41.4 Å². The zero-order valence-corrected chi connectivity index (χ0v) is 12.2. The first-order valence-corrected chi connectivity index (χ1v) is 7.93. The number of nitrogens with zero attached hydrogens (tertiary/aromatic N) is 1. The van der Waals surface area contributed by atoms with Gasteiger partial charge in [0, 0.05) is 11.4 Å². The monoisotopic (exact) mass is 305 g/mol. The molecule has 110 valence electrons. The molecule has 0 bridgehead atoms. The first-order valence-electron chi connectivity index (χ1n) is 7.12. The first-order chi connectivity index (χ1) is 10.1. The van der Waals surface area contributed by atoms with Crippen molar-refractivity contribution in [1.82, 2.24) is 15.5 Å². The highest BCUT2D eigenvalue weighted by Gasteiger charge is 2.51. The second kappa shape index (κ2) is 4.30. The minimum absolute atomic E-state index is 0.0276. The predicted molar refractivity (Wildman–Crippen MR) is 76.3 cm³/mol. The van der Waals surface area contributed by atoms with E-state index >= 15 is 0 Å². The fourth-order valence-corrected chi connectivity index (χ4v) is 4.61. The van der Waals surface area contributed by atoms with Gasteiger partial charge in [-0.2, -0.15) is 0 Å². The van der Waals surface area contributed by atoms with Crippen LogP contribution in [0.2, 0.25) is 0 Å². The molecule has 1 aromatic heterocycles. The summed E-state index contributed by atoms with van der Waals surface area (Å²) in [5.74, 6) is -0.350. The van der Waals surface area contributed by atoms with Gasteiger partial charge in [0.05, 0.1) is 11.4 Å². The van der Waals surface area contributed by atoms with Crippen molar-refractivity contribution in [2.75, 3.05) is 13.1 Å². The molecule has 0 saturated carbocycles. The van der Waals surface area contributed by atoms with E-state index in [1.807, 2.05) is 6.07 Å². The van der Waals surface area contributed by atoms with E-state index in [1.165, 1.54) is 16.9 Å². The molecule has 0 aromatic carbocycles. The van der Waals surface area contributed by atoms with Crippen LogP contribution in [0.4, 0.5) is 4.79 Å². The second-order valence-corrected chi connectivity index (χ2v) is 7.02. The van der Waals surface area contributed by atoms with Crippen LogP contribution in [0.15, 0.2) is 6.07 Å². The Hall–Kier alpha value is -1.89. The molecule has 4 amide bonds. The van der Waals surface area contributed by atoms with Gasteiger partial charge in [0.1, 0.15) is 5.54 Å². The van der Waals surface area contributed by atoms with E-state index in [0.717, 1.165) is 17.7 Å². The molecule has 21 heavy (non-hydrogen) atoms. The number of aryl methyl sites for hydroxylation is 2. The minimum atomic E-state index is -0.924. The van der Waals surface area contributed by atoms with Crippen molar-refractivity contribution in [2.24, 2.45) is 0 Å². The van der Waals surface area contributed by atoms with Gasteiger partial charge in [-0.15, -0.1) is 11.3 Å². The van der Waals surface area contributed by atoms with E-state index in [0.29, 0.717) is 13.0 Å². The van der Waals surface area contributed by atoms with Gasteiger partial charge in [0.2, 0.25) is 0 Å². The lowest BCUT2D eigenvalue weighted by Gasteiger charge is -2.20. The molecule has 1 aliphatic carbocycles. The van der Waals surface area contributed by atoms with Gasteiger partial charge >= 0.3 is 6.03 Å². The average molecular weight is 305 g/mol. The average Bonchev–Trinajstić information content (AvgIpc) is 3.14. The van der Waals surface area contributed by atoms with Crippen LogP contribution in [0.25, 0.3) is 0 Å². The van der Waals surface area contributed by atoms with Crippen LogP contribution in [0, 0.1) is 0 Å². The van der Waals surface area contributed by atoms with E-state index in [-0.39, 0.29) is 18.4 Å². The molecule has 1 aromatic rings. The third-order valence-electron chi connectivity index (χ3n) is 4.53. The number of nitrogens with one attached hydrogen (secondary N) is 2. The molecule has 4 rings (SSSR count). The highest BCUT2D eigenvalue weighted by Crippen LogP contribution is 2.33. The van der Waals surface area contributed by atoms with Gasteiger partial charge in [-0.25, -0.2) is 4.79 Å². The number of carbonyl (C=O) groups is 3. The summed E-state index contributed by atoms with van der Waals surface area (Å²) in [5.41, 5.74) is 0.372. The summed E-state index contributed by atoms with van der Waals surface area (Å²) in [7, 11) is 0. The smallest absolute Gasteiger partial charge is 0.322 e. The largest absolute Gasteiger partial charge is 0.335 e. The third-order valence-corrected chi connectivity index (χ3v) is 5.75. The molecule has 1 atom stereocenters. The van der Waals surface area contributed by atoms with Crippen molar-refractivity contribution >= 4 is 29.2 Å². The van der Waals surface area contributed by atoms with E-state index in [1.54, 1.807) is 16.2 Å². The lowest BCUT2D eigenvalue weighted by atomic mass is 10.00. The number of urea groups is 1. The summed E-state index contributed by atoms with van der Waals surface area (Å²) >= 11 is 1.57. The molecular formula is C14H15N3O3S. The lowest BCUT2D eigenvalue weighted by molar-refractivity contribution is -0.123. The number of thiophene rings is 1. The lowest BCUT2D eigenvalue weighted by Crippen LogP contribution is -2.49. The number of carbonyl (C=O) groups excluding carboxylic acids is 3. The van der Waals surface area contributed by atoms with Crippen molar-refractivity contribution in [1.29, 1.82) is 0 Å². The van der Waals surface area contributed by atoms with Crippen molar-refractivity contribution in [3.05, 3.63) is 21.4 Å².